The summed E-state index contributed by atoms with van der Waals surface area (Å²) in [6, 6.07) is 13.8. The molecule has 45 heavy (non-hydrogen) atoms. The van der Waals surface area contributed by atoms with Gasteiger partial charge in [0.15, 0.2) is 11.5 Å². The van der Waals surface area contributed by atoms with E-state index in [0.717, 1.165) is 27.0 Å². The molecule has 11 nitrogen and oxygen atoms in total. The van der Waals surface area contributed by atoms with Gasteiger partial charge in [0.1, 0.15) is 17.2 Å². The first-order valence-electron chi connectivity index (χ1n) is 14.6. The summed E-state index contributed by atoms with van der Waals surface area (Å²) >= 11 is 1.65. The summed E-state index contributed by atoms with van der Waals surface area (Å²) < 4.78 is 17.0. The lowest BCUT2D eigenvalue weighted by Crippen LogP contribution is -2.33. The summed E-state index contributed by atoms with van der Waals surface area (Å²) in [4.78, 5) is 41.0. The van der Waals surface area contributed by atoms with E-state index in [1.165, 1.54) is 7.11 Å². The minimum Gasteiger partial charge on any atom is -0.493 e. The number of amides is 2. The SMILES string of the molecule is CONC(=O)CCOc1cc2nc(C)nc(N[C@H](C)c3cc(-c4ccccc4CN(C)C(=O)OC(C)(C)C)cs3)c2cc1OC. The minimum absolute atomic E-state index is 0.0703. The third-order valence-corrected chi connectivity index (χ3v) is 7.85. The molecule has 0 aliphatic heterocycles. The zero-order chi connectivity index (χ0) is 32.7. The highest BCUT2D eigenvalue weighted by molar-refractivity contribution is 7.10. The number of carbonyl (C=O) groups excluding carboxylic acids is 2. The Morgan fingerprint density at radius 1 is 1.07 bits per heavy atom. The maximum absolute atomic E-state index is 12.6. The quantitative estimate of drug-likeness (QED) is 0.164. The van der Waals surface area contributed by atoms with E-state index < -0.39 is 5.60 Å². The van der Waals surface area contributed by atoms with Crippen LogP contribution >= 0.6 is 11.3 Å². The van der Waals surface area contributed by atoms with Crippen LogP contribution in [0, 0.1) is 6.92 Å². The molecular weight excluding hydrogens is 594 g/mol. The monoisotopic (exact) mass is 635 g/mol. The second-order valence-electron chi connectivity index (χ2n) is 11.6. The van der Waals surface area contributed by atoms with Crippen molar-refractivity contribution in [3.8, 4) is 22.6 Å². The van der Waals surface area contributed by atoms with Crippen molar-refractivity contribution >= 4 is 40.1 Å². The van der Waals surface area contributed by atoms with E-state index in [1.54, 1.807) is 36.5 Å². The Labute approximate surface area is 267 Å². The van der Waals surface area contributed by atoms with Gasteiger partial charge in [-0.1, -0.05) is 24.3 Å². The Morgan fingerprint density at radius 2 is 1.82 bits per heavy atom. The van der Waals surface area contributed by atoms with E-state index in [-0.39, 0.29) is 31.1 Å². The van der Waals surface area contributed by atoms with Gasteiger partial charge in [0.2, 0.25) is 5.91 Å². The molecule has 0 saturated carbocycles. The molecule has 2 amide bonds. The van der Waals surface area contributed by atoms with Gasteiger partial charge in [-0.25, -0.2) is 20.2 Å². The van der Waals surface area contributed by atoms with Crippen LogP contribution in [0.15, 0.2) is 47.8 Å². The first-order chi connectivity index (χ1) is 21.4. The van der Waals surface area contributed by atoms with Crippen molar-refractivity contribution < 1.29 is 28.6 Å². The lowest BCUT2D eigenvalue weighted by atomic mass is 10.0. The number of benzene rings is 2. The Balaban J connectivity index is 1.54. The van der Waals surface area contributed by atoms with Crippen LogP contribution in [0.4, 0.5) is 10.6 Å². The first-order valence-corrected chi connectivity index (χ1v) is 15.4. The summed E-state index contributed by atoms with van der Waals surface area (Å²) in [6.07, 6.45) is -0.242. The molecular formula is C33H41N5O6S. The summed E-state index contributed by atoms with van der Waals surface area (Å²) in [7, 11) is 4.69. The number of anilines is 1. The first kappa shape index (κ1) is 33.5. The number of rotatable bonds is 12. The highest BCUT2D eigenvalue weighted by Crippen LogP contribution is 2.37. The van der Waals surface area contributed by atoms with Gasteiger partial charge < -0.3 is 24.4 Å². The van der Waals surface area contributed by atoms with E-state index in [9.17, 15) is 9.59 Å². The number of ether oxygens (including phenoxy) is 3. The lowest BCUT2D eigenvalue weighted by molar-refractivity contribution is -0.131. The fraction of sp³-hybridized carbons (Fsp3) is 0.394. The number of hydroxylamine groups is 1. The molecule has 4 rings (SSSR count). The number of nitrogens with one attached hydrogen (secondary N) is 2. The molecule has 0 fully saturated rings. The predicted octanol–water partition coefficient (Wildman–Crippen LogP) is 6.66. The maximum atomic E-state index is 12.6. The Hall–Kier alpha value is -4.42. The third-order valence-electron chi connectivity index (χ3n) is 6.74. The van der Waals surface area contributed by atoms with Crippen LogP contribution in [0.25, 0.3) is 22.0 Å². The molecule has 0 spiro atoms. The van der Waals surface area contributed by atoms with Gasteiger partial charge in [-0.2, -0.15) is 0 Å². The van der Waals surface area contributed by atoms with Crippen LogP contribution in [0.1, 0.15) is 56.4 Å². The topological polar surface area (TPSA) is 124 Å². The number of nitrogens with zero attached hydrogens (tertiary/aromatic N) is 3. The van der Waals surface area contributed by atoms with Crippen LogP contribution in [-0.4, -0.2) is 60.3 Å². The molecule has 0 aliphatic carbocycles. The minimum atomic E-state index is -0.561. The summed E-state index contributed by atoms with van der Waals surface area (Å²) in [6.45, 7) is 10.1. The molecule has 240 valence electrons. The van der Waals surface area contributed by atoms with Gasteiger partial charge in [-0.3, -0.25) is 9.63 Å². The van der Waals surface area contributed by atoms with E-state index in [0.29, 0.717) is 35.2 Å². The smallest absolute Gasteiger partial charge is 0.410 e. The average molecular weight is 636 g/mol. The number of aryl methyl sites for hydroxylation is 1. The standard InChI is InChI=1S/C33H41N5O6S/c1-20(29-15-23(19-45-29)24-12-10-9-11-22(24)18-38(6)32(40)44-33(3,4)5)34-31-25-16-27(41-7)28(17-26(25)35-21(2)36-31)43-14-13-30(39)37-42-8/h9-12,15-17,19-20H,13-14,18H2,1-8H3,(H,37,39)(H,34,35,36)/t20-/m1/s1. The number of carbonyl (C=O) groups is 2. The Kier molecular flexibility index (Phi) is 10.8. The van der Waals surface area contributed by atoms with Crippen LogP contribution in [0.2, 0.25) is 0 Å². The number of hydrogen-bond acceptors (Lipinski definition) is 10. The summed E-state index contributed by atoms with van der Waals surface area (Å²) in [5, 5.41) is 6.47. The van der Waals surface area contributed by atoms with Gasteiger partial charge in [0.25, 0.3) is 0 Å². The lowest BCUT2D eigenvalue weighted by Gasteiger charge is -2.25. The maximum Gasteiger partial charge on any atom is 0.410 e. The van der Waals surface area contributed by atoms with Crippen LogP contribution in [0.5, 0.6) is 11.5 Å². The number of aromatic nitrogens is 2. The molecule has 2 heterocycles. The van der Waals surface area contributed by atoms with Crippen molar-refractivity contribution in [1.82, 2.24) is 20.3 Å². The van der Waals surface area contributed by atoms with Crippen molar-refractivity contribution in [3.05, 3.63) is 64.1 Å². The van der Waals surface area contributed by atoms with Gasteiger partial charge in [0, 0.05) is 29.9 Å². The van der Waals surface area contributed by atoms with Crippen molar-refractivity contribution in [1.29, 1.82) is 0 Å². The van der Waals surface area contributed by atoms with Gasteiger partial charge >= 0.3 is 6.09 Å². The van der Waals surface area contributed by atoms with E-state index in [1.807, 2.05) is 52.0 Å². The van der Waals surface area contributed by atoms with Crippen LogP contribution in [-0.2, 0) is 20.9 Å². The number of methoxy groups -OCH3 is 1. The molecule has 12 heteroatoms. The second kappa shape index (κ2) is 14.6. The van der Waals surface area contributed by atoms with Crippen molar-refractivity contribution in [2.75, 3.05) is 33.2 Å². The molecule has 2 aromatic heterocycles. The van der Waals surface area contributed by atoms with Crippen molar-refractivity contribution in [2.45, 2.75) is 59.2 Å². The Morgan fingerprint density at radius 3 is 2.53 bits per heavy atom. The molecule has 0 bridgehead atoms. The zero-order valence-electron chi connectivity index (χ0n) is 27.0. The molecule has 2 N–H and O–H groups in total. The van der Waals surface area contributed by atoms with Gasteiger partial charge in [-0.05, 0) is 68.8 Å². The molecule has 2 aromatic carbocycles. The highest BCUT2D eigenvalue weighted by atomic mass is 32.1. The molecule has 0 unspecified atom stereocenters. The fourth-order valence-electron chi connectivity index (χ4n) is 4.65. The third kappa shape index (κ3) is 8.83. The van der Waals surface area contributed by atoms with Crippen molar-refractivity contribution in [3.63, 3.8) is 0 Å². The largest absolute Gasteiger partial charge is 0.493 e. The molecule has 0 aliphatic rings. The number of fused-ring (bicyclic) bond motifs is 1. The average Bonchev–Trinajstić information content (AvgIpc) is 3.47. The molecule has 0 saturated heterocycles. The Bertz CT molecular complexity index is 1650. The van der Waals surface area contributed by atoms with Crippen LogP contribution < -0.4 is 20.3 Å². The second-order valence-corrected chi connectivity index (χ2v) is 12.5. The number of thiophene rings is 1. The summed E-state index contributed by atoms with van der Waals surface area (Å²) in [5.74, 6) is 1.96. The van der Waals surface area contributed by atoms with Crippen LogP contribution in [0.3, 0.4) is 0 Å². The fourth-order valence-corrected chi connectivity index (χ4v) is 5.57. The van der Waals surface area contributed by atoms with E-state index in [4.69, 9.17) is 19.2 Å². The summed E-state index contributed by atoms with van der Waals surface area (Å²) in [5.41, 5.74) is 5.55. The van der Waals surface area contributed by atoms with E-state index >= 15 is 0 Å². The molecule has 0 radical (unpaired) electrons. The number of hydrogen-bond donors (Lipinski definition) is 2. The normalized spacial score (nSPS) is 12.0. The van der Waals surface area contributed by atoms with Crippen molar-refractivity contribution in [2.24, 2.45) is 0 Å². The highest BCUT2D eigenvalue weighted by Gasteiger charge is 2.21. The van der Waals surface area contributed by atoms with E-state index in [2.05, 4.69) is 45.1 Å². The van der Waals surface area contributed by atoms with Gasteiger partial charge in [0.05, 0.1) is 38.8 Å². The molecule has 4 aromatic rings. The molecule has 1 atom stereocenters. The predicted molar refractivity (Wildman–Crippen MR) is 176 cm³/mol. The van der Waals surface area contributed by atoms with Gasteiger partial charge in [-0.15, -0.1) is 11.3 Å². The zero-order valence-corrected chi connectivity index (χ0v) is 27.8.